The van der Waals surface area contributed by atoms with Crippen LogP contribution in [0.3, 0.4) is 0 Å². The second-order valence-corrected chi connectivity index (χ2v) is 5.11. The van der Waals surface area contributed by atoms with E-state index in [2.05, 4.69) is 67.5 Å². The van der Waals surface area contributed by atoms with Crippen molar-refractivity contribution in [2.75, 3.05) is 0 Å². The fraction of sp³-hybridized carbons (Fsp3) is 0.167. The minimum Gasteiger partial charge on any atom is -0.296 e. The molecule has 0 aliphatic heterocycles. The van der Waals surface area contributed by atoms with Crippen LogP contribution in [0.15, 0.2) is 61.2 Å². The molecule has 0 saturated carbocycles. The standard InChI is InChI=1S/C18H18N2/c1-4-13(2)18-19-16-12-8-9-14(3)17(16)20(18)15-10-6-5-7-11-15/h4-13H,1H2,2-3H3. The third-order valence-electron chi connectivity index (χ3n) is 3.68. The highest BCUT2D eigenvalue weighted by atomic mass is 15.1. The summed E-state index contributed by atoms with van der Waals surface area (Å²) < 4.78 is 2.25. The minimum absolute atomic E-state index is 0.210. The summed E-state index contributed by atoms with van der Waals surface area (Å²) in [6, 6.07) is 16.6. The van der Waals surface area contributed by atoms with Gasteiger partial charge in [0.05, 0.1) is 11.0 Å². The number of benzene rings is 2. The highest BCUT2D eigenvalue weighted by Crippen LogP contribution is 2.28. The SMILES string of the molecule is C=CC(C)c1nc2cccc(C)c2n1-c1ccccc1. The van der Waals surface area contributed by atoms with Crippen LogP contribution in [0, 0.1) is 6.92 Å². The van der Waals surface area contributed by atoms with Crippen molar-refractivity contribution in [1.29, 1.82) is 0 Å². The molecule has 0 aliphatic rings. The highest BCUT2D eigenvalue weighted by molar-refractivity contribution is 5.81. The molecule has 1 heterocycles. The zero-order chi connectivity index (χ0) is 14.1. The molecule has 0 spiro atoms. The second-order valence-electron chi connectivity index (χ2n) is 5.11. The number of fused-ring (bicyclic) bond motifs is 1. The molecule has 2 aromatic carbocycles. The molecule has 1 unspecified atom stereocenters. The Morgan fingerprint density at radius 2 is 1.85 bits per heavy atom. The van der Waals surface area contributed by atoms with Crippen molar-refractivity contribution in [3.8, 4) is 5.69 Å². The molecule has 0 aliphatic carbocycles. The predicted molar refractivity (Wildman–Crippen MR) is 84.4 cm³/mol. The second kappa shape index (κ2) is 4.97. The number of rotatable bonds is 3. The lowest BCUT2D eigenvalue weighted by atomic mass is 10.1. The maximum Gasteiger partial charge on any atom is 0.121 e. The van der Waals surface area contributed by atoms with Gasteiger partial charge in [-0.15, -0.1) is 6.58 Å². The van der Waals surface area contributed by atoms with Crippen LogP contribution in [0.5, 0.6) is 0 Å². The van der Waals surface area contributed by atoms with Gasteiger partial charge in [-0.2, -0.15) is 0 Å². The van der Waals surface area contributed by atoms with E-state index in [-0.39, 0.29) is 5.92 Å². The van der Waals surface area contributed by atoms with E-state index in [4.69, 9.17) is 4.98 Å². The van der Waals surface area contributed by atoms with E-state index in [0.717, 1.165) is 17.0 Å². The van der Waals surface area contributed by atoms with Gasteiger partial charge in [-0.3, -0.25) is 4.57 Å². The summed E-state index contributed by atoms with van der Waals surface area (Å²) in [4.78, 5) is 4.81. The van der Waals surface area contributed by atoms with Gasteiger partial charge in [-0.1, -0.05) is 43.3 Å². The minimum atomic E-state index is 0.210. The maximum atomic E-state index is 4.81. The first kappa shape index (κ1) is 12.7. The summed E-state index contributed by atoms with van der Waals surface area (Å²) in [5, 5.41) is 0. The fourth-order valence-electron chi connectivity index (χ4n) is 2.56. The molecule has 3 rings (SSSR count). The molecule has 0 radical (unpaired) electrons. The maximum absolute atomic E-state index is 4.81. The Morgan fingerprint density at radius 1 is 1.10 bits per heavy atom. The first-order chi connectivity index (χ1) is 9.72. The van der Waals surface area contributed by atoms with Gasteiger partial charge in [0.1, 0.15) is 5.82 Å². The molecule has 0 fully saturated rings. The van der Waals surface area contributed by atoms with Gasteiger partial charge in [-0.25, -0.2) is 4.98 Å². The number of aromatic nitrogens is 2. The van der Waals surface area contributed by atoms with Gasteiger partial charge in [0, 0.05) is 11.6 Å². The van der Waals surface area contributed by atoms with Crippen molar-refractivity contribution in [3.63, 3.8) is 0 Å². The summed E-state index contributed by atoms with van der Waals surface area (Å²) in [5.74, 6) is 1.25. The van der Waals surface area contributed by atoms with Crippen molar-refractivity contribution in [3.05, 3.63) is 72.6 Å². The fourth-order valence-corrected chi connectivity index (χ4v) is 2.56. The summed E-state index contributed by atoms with van der Waals surface area (Å²) in [6.07, 6.45) is 1.94. The normalized spacial score (nSPS) is 12.5. The Morgan fingerprint density at radius 3 is 2.55 bits per heavy atom. The molecule has 20 heavy (non-hydrogen) atoms. The Labute approximate surface area is 119 Å². The van der Waals surface area contributed by atoms with Crippen LogP contribution in [-0.4, -0.2) is 9.55 Å². The number of hydrogen-bond donors (Lipinski definition) is 0. The molecular formula is C18H18N2. The van der Waals surface area contributed by atoms with E-state index in [1.165, 1.54) is 11.1 Å². The number of para-hydroxylation sites is 2. The zero-order valence-corrected chi connectivity index (χ0v) is 11.9. The van der Waals surface area contributed by atoms with Crippen molar-refractivity contribution in [1.82, 2.24) is 9.55 Å². The van der Waals surface area contributed by atoms with E-state index in [1.54, 1.807) is 0 Å². The van der Waals surface area contributed by atoms with E-state index in [9.17, 15) is 0 Å². The number of imidazole rings is 1. The van der Waals surface area contributed by atoms with Crippen molar-refractivity contribution in [2.24, 2.45) is 0 Å². The van der Waals surface area contributed by atoms with E-state index >= 15 is 0 Å². The van der Waals surface area contributed by atoms with Crippen LogP contribution in [-0.2, 0) is 0 Å². The Kier molecular flexibility index (Phi) is 3.15. The molecule has 1 aromatic heterocycles. The van der Waals surface area contributed by atoms with Crippen LogP contribution in [0.4, 0.5) is 0 Å². The molecule has 1 atom stereocenters. The molecule has 0 N–H and O–H groups in total. The van der Waals surface area contributed by atoms with Gasteiger partial charge in [0.25, 0.3) is 0 Å². The molecule has 0 amide bonds. The molecule has 0 saturated heterocycles. The average molecular weight is 262 g/mol. The van der Waals surface area contributed by atoms with Gasteiger partial charge in [-0.05, 0) is 30.7 Å². The number of allylic oxidation sites excluding steroid dienone is 1. The summed E-state index contributed by atoms with van der Waals surface area (Å²) in [5.41, 5.74) is 4.61. The van der Waals surface area contributed by atoms with Crippen LogP contribution in [0.2, 0.25) is 0 Å². The Hall–Kier alpha value is -2.35. The predicted octanol–water partition coefficient (Wildman–Crippen LogP) is 4.62. The van der Waals surface area contributed by atoms with Crippen molar-refractivity contribution < 1.29 is 0 Å². The number of aryl methyl sites for hydroxylation is 1. The van der Waals surface area contributed by atoms with Crippen LogP contribution in [0.25, 0.3) is 16.7 Å². The molecule has 100 valence electrons. The molecular weight excluding hydrogens is 244 g/mol. The Bertz CT molecular complexity index is 754. The monoisotopic (exact) mass is 262 g/mol. The summed E-state index contributed by atoms with van der Waals surface area (Å²) in [7, 11) is 0. The lowest BCUT2D eigenvalue weighted by Crippen LogP contribution is -2.04. The summed E-state index contributed by atoms with van der Waals surface area (Å²) in [6.45, 7) is 8.17. The van der Waals surface area contributed by atoms with Crippen LogP contribution < -0.4 is 0 Å². The van der Waals surface area contributed by atoms with Gasteiger partial charge in [0.2, 0.25) is 0 Å². The van der Waals surface area contributed by atoms with E-state index < -0.39 is 0 Å². The highest BCUT2D eigenvalue weighted by Gasteiger charge is 2.16. The molecule has 0 bridgehead atoms. The van der Waals surface area contributed by atoms with Gasteiger partial charge < -0.3 is 0 Å². The molecule has 2 nitrogen and oxygen atoms in total. The van der Waals surface area contributed by atoms with E-state index in [0.29, 0.717) is 0 Å². The van der Waals surface area contributed by atoms with Crippen molar-refractivity contribution in [2.45, 2.75) is 19.8 Å². The van der Waals surface area contributed by atoms with Crippen LogP contribution in [0.1, 0.15) is 24.2 Å². The zero-order valence-electron chi connectivity index (χ0n) is 11.9. The third-order valence-corrected chi connectivity index (χ3v) is 3.68. The lowest BCUT2D eigenvalue weighted by molar-refractivity contribution is 0.823. The Balaban J connectivity index is 2.39. The molecule has 2 heteroatoms. The first-order valence-corrected chi connectivity index (χ1v) is 6.88. The quantitative estimate of drug-likeness (QED) is 0.630. The molecule has 3 aromatic rings. The van der Waals surface area contributed by atoms with E-state index in [1.807, 2.05) is 12.1 Å². The number of nitrogens with zero attached hydrogens (tertiary/aromatic N) is 2. The largest absolute Gasteiger partial charge is 0.296 e. The average Bonchev–Trinajstić information content (AvgIpc) is 2.88. The van der Waals surface area contributed by atoms with Crippen molar-refractivity contribution >= 4 is 11.0 Å². The van der Waals surface area contributed by atoms with Gasteiger partial charge in [0.15, 0.2) is 0 Å². The topological polar surface area (TPSA) is 17.8 Å². The van der Waals surface area contributed by atoms with Crippen LogP contribution >= 0.6 is 0 Å². The number of hydrogen-bond acceptors (Lipinski definition) is 1. The van der Waals surface area contributed by atoms with Gasteiger partial charge >= 0.3 is 0 Å². The summed E-state index contributed by atoms with van der Waals surface area (Å²) >= 11 is 0. The third kappa shape index (κ3) is 1.94. The smallest absolute Gasteiger partial charge is 0.121 e. The first-order valence-electron chi connectivity index (χ1n) is 6.88. The lowest BCUT2D eigenvalue weighted by Gasteiger charge is -2.12.